The summed E-state index contributed by atoms with van der Waals surface area (Å²) in [5.74, 6) is -1.17. The third-order valence-corrected chi connectivity index (χ3v) is 9.75. The number of benzene rings is 2. The lowest BCUT2D eigenvalue weighted by atomic mass is 9.67. The van der Waals surface area contributed by atoms with E-state index in [9.17, 15) is 33.4 Å². The molecule has 2 aromatic carbocycles. The summed E-state index contributed by atoms with van der Waals surface area (Å²) in [6.45, 7) is 5.56. The Bertz CT molecular complexity index is 1680. The second kappa shape index (κ2) is 11.4. The molecule has 0 saturated heterocycles. The topological polar surface area (TPSA) is 187 Å². The van der Waals surface area contributed by atoms with Gasteiger partial charge in [-0.1, -0.05) is 39.0 Å². The van der Waals surface area contributed by atoms with Crippen molar-refractivity contribution in [3.05, 3.63) is 69.9 Å². The molecule has 4 rings (SSSR count). The molecule has 1 aliphatic carbocycles. The number of nitrogens with one attached hydrogen (secondary N) is 1. The van der Waals surface area contributed by atoms with E-state index in [4.69, 9.17) is 10.5 Å². The summed E-state index contributed by atoms with van der Waals surface area (Å²) in [5.41, 5.74) is 3.74. The number of hydrogen-bond donors (Lipinski definition) is 2. The van der Waals surface area contributed by atoms with Crippen LogP contribution in [0, 0.1) is 26.9 Å². The van der Waals surface area contributed by atoms with Crippen molar-refractivity contribution in [1.82, 2.24) is 9.88 Å². The van der Waals surface area contributed by atoms with Crippen LogP contribution in [0.3, 0.4) is 0 Å². The number of nitrogens with zero attached hydrogens (tertiary/aromatic N) is 3. The number of ether oxygens (including phenoxy) is 1. The lowest BCUT2D eigenvalue weighted by Crippen LogP contribution is -2.53. The number of amides is 2. The van der Waals surface area contributed by atoms with Crippen molar-refractivity contribution >= 4 is 38.4 Å². The molecule has 42 heavy (non-hydrogen) atoms. The predicted molar refractivity (Wildman–Crippen MR) is 154 cm³/mol. The molecular formula is C29H33N5O7S. The molecule has 1 fully saturated rings. The highest BCUT2D eigenvalue weighted by Crippen LogP contribution is 2.45. The van der Waals surface area contributed by atoms with Gasteiger partial charge in [0.25, 0.3) is 5.91 Å². The number of aromatic nitrogens is 1. The van der Waals surface area contributed by atoms with Crippen molar-refractivity contribution in [2.75, 3.05) is 5.75 Å². The fourth-order valence-corrected chi connectivity index (χ4v) is 6.92. The van der Waals surface area contributed by atoms with Crippen molar-refractivity contribution in [2.45, 2.75) is 69.5 Å². The second-order valence-electron chi connectivity index (χ2n) is 11.5. The summed E-state index contributed by atoms with van der Waals surface area (Å²) in [4.78, 5) is 37.1. The summed E-state index contributed by atoms with van der Waals surface area (Å²) in [6.07, 6.45) is 0.790. The molecule has 3 N–H and O–H groups in total. The molecule has 0 atom stereocenters. The van der Waals surface area contributed by atoms with Crippen LogP contribution in [0.1, 0.15) is 62.5 Å². The second-order valence-corrected chi connectivity index (χ2v) is 13.6. The van der Waals surface area contributed by atoms with Crippen LogP contribution in [-0.2, 0) is 21.1 Å². The van der Waals surface area contributed by atoms with Gasteiger partial charge < -0.3 is 20.4 Å². The van der Waals surface area contributed by atoms with Crippen LogP contribution in [0.15, 0.2) is 53.4 Å². The highest BCUT2D eigenvalue weighted by Gasteiger charge is 2.48. The molecule has 13 heteroatoms. The third-order valence-electron chi connectivity index (χ3n) is 8.04. The third kappa shape index (κ3) is 5.94. The average molecular weight is 596 g/mol. The quantitative estimate of drug-likeness (QED) is 0.282. The zero-order chi connectivity index (χ0) is 30.9. The molecule has 12 nitrogen and oxygen atoms in total. The normalized spacial score (nSPS) is 19.1. The number of aryl methyl sites for hydroxylation is 1. The molecule has 1 aromatic heterocycles. The predicted octanol–water partition coefficient (Wildman–Crippen LogP) is 4.45. The maximum atomic E-state index is 13.8. The standard InChI is InChI=1S/C29H33N5O7S/c1-28(2,3)29(41-27(31)36)13-11-20(12-14-29)32-26(35)25-24(34(37)38)22-10-9-19(18-30)17-23(22)33(25)15-16-42(39,40)21-7-5-4-6-8-21/h4-10,17,20H,11-16H2,1-3H3,(H2,31,36)(H,32,35)/t20-,29-. The molecule has 1 saturated carbocycles. The van der Waals surface area contributed by atoms with Crippen molar-refractivity contribution in [2.24, 2.45) is 11.1 Å². The van der Waals surface area contributed by atoms with Crippen molar-refractivity contribution in [3.63, 3.8) is 0 Å². The van der Waals surface area contributed by atoms with Crippen molar-refractivity contribution in [3.8, 4) is 6.07 Å². The van der Waals surface area contributed by atoms with Gasteiger partial charge >= 0.3 is 11.8 Å². The van der Waals surface area contributed by atoms with Gasteiger partial charge in [0.2, 0.25) is 0 Å². The summed E-state index contributed by atoms with van der Waals surface area (Å²) < 4.78 is 33.0. The first-order valence-electron chi connectivity index (χ1n) is 13.5. The number of nitriles is 1. The zero-order valence-electron chi connectivity index (χ0n) is 23.6. The summed E-state index contributed by atoms with van der Waals surface area (Å²) in [6, 6.07) is 13.6. The van der Waals surface area contributed by atoms with Gasteiger partial charge in [-0.15, -0.1) is 0 Å². The molecule has 0 bridgehead atoms. The Morgan fingerprint density at radius 2 is 1.83 bits per heavy atom. The number of nitrogens with two attached hydrogens (primary N) is 1. The Labute approximate surface area is 243 Å². The van der Waals surface area contributed by atoms with E-state index in [1.165, 1.54) is 34.9 Å². The van der Waals surface area contributed by atoms with Crippen LogP contribution in [0.4, 0.5) is 10.5 Å². The maximum absolute atomic E-state index is 13.8. The van der Waals surface area contributed by atoms with E-state index in [1.807, 2.05) is 26.8 Å². The molecule has 0 unspecified atom stereocenters. The van der Waals surface area contributed by atoms with Crippen LogP contribution in [0.5, 0.6) is 0 Å². The highest BCUT2D eigenvalue weighted by molar-refractivity contribution is 7.91. The van der Waals surface area contributed by atoms with E-state index in [0.29, 0.717) is 25.7 Å². The Morgan fingerprint density at radius 1 is 1.19 bits per heavy atom. The first-order valence-corrected chi connectivity index (χ1v) is 15.1. The van der Waals surface area contributed by atoms with Crippen LogP contribution < -0.4 is 11.1 Å². The number of carbonyl (C=O) groups is 2. The van der Waals surface area contributed by atoms with Crippen LogP contribution in [-0.4, -0.2) is 47.3 Å². The van der Waals surface area contributed by atoms with Crippen LogP contribution in [0.25, 0.3) is 10.9 Å². The minimum Gasteiger partial charge on any atom is -0.443 e. The van der Waals surface area contributed by atoms with E-state index in [2.05, 4.69) is 5.32 Å². The van der Waals surface area contributed by atoms with Gasteiger partial charge in [0.1, 0.15) is 5.60 Å². The molecule has 0 radical (unpaired) electrons. The van der Waals surface area contributed by atoms with Gasteiger partial charge in [0.05, 0.1) is 38.1 Å². The first-order chi connectivity index (χ1) is 19.7. The van der Waals surface area contributed by atoms with Crippen molar-refractivity contribution < 1.29 is 27.7 Å². The number of hydrogen-bond acceptors (Lipinski definition) is 8. The summed E-state index contributed by atoms with van der Waals surface area (Å²) >= 11 is 0. The number of fused-ring (bicyclic) bond motifs is 1. The van der Waals surface area contributed by atoms with Gasteiger partial charge in [-0.25, -0.2) is 13.2 Å². The Kier molecular flexibility index (Phi) is 8.31. The Hall–Kier alpha value is -4.44. The molecule has 0 spiro atoms. The van der Waals surface area contributed by atoms with Crippen LogP contribution in [0.2, 0.25) is 0 Å². The molecular weight excluding hydrogens is 562 g/mol. The zero-order valence-corrected chi connectivity index (χ0v) is 24.4. The van der Waals surface area contributed by atoms with Gasteiger partial charge in [-0.3, -0.25) is 14.9 Å². The number of carbonyl (C=O) groups excluding carboxylic acids is 2. The first kappa shape index (κ1) is 30.5. The monoisotopic (exact) mass is 595 g/mol. The summed E-state index contributed by atoms with van der Waals surface area (Å²) in [7, 11) is -3.80. The molecule has 1 heterocycles. The largest absolute Gasteiger partial charge is 0.443 e. The minimum atomic E-state index is -3.80. The number of nitro groups is 1. The van der Waals surface area contributed by atoms with Gasteiger partial charge in [0.15, 0.2) is 15.5 Å². The highest BCUT2D eigenvalue weighted by atomic mass is 32.2. The van der Waals surface area contributed by atoms with Gasteiger partial charge in [0, 0.05) is 18.0 Å². The molecule has 0 aliphatic heterocycles. The molecule has 222 valence electrons. The fraction of sp³-hybridized carbons (Fsp3) is 0.414. The van der Waals surface area contributed by atoms with Crippen molar-refractivity contribution in [1.29, 1.82) is 5.26 Å². The summed E-state index contributed by atoms with van der Waals surface area (Å²) in [5, 5.41) is 24.7. The number of primary amides is 1. The van der Waals surface area contributed by atoms with E-state index >= 15 is 0 Å². The Morgan fingerprint density at radius 3 is 2.38 bits per heavy atom. The SMILES string of the molecule is CC(C)(C)[C@]1(OC(N)=O)CC[C@H](NC(=O)c2c([N+](=O)[O-])c3ccc(C#N)cc3n2CCS(=O)(=O)c2ccccc2)CC1. The lowest BCUT2D eigenvalue weighted by Gasteiger charge is -2.47. The fourth-order valence-electron chi connectivity index (χ4n) is 5.68. The van der Waals surface area contributed by atoms with E-state index in [1.54, 1.807) is 18.2 Å². The minimum absolute atomic E-state index is 0.0855. The number of rotatable bonds is 8. The van der Waals surface area contributed by atoms with Gasteiger partial charge in [-0.05, 0) is 56.0 Å². The Balaban J connectivity index is 1.70. The van der Waals surface area contributed by atoms with E-state index in [0.717, 1.165) is 0 Å². The van der Waals surface area contributed by atoms with E-state index < -0.39 is 55.3 Å². The average Bonchev–Trinajstić information content (AvgIpc) is 3.26. The number of sulfone groups is 1. The molecule has 2 amide bonds. The van der Waals surface area contributed by atoms with Gasteiger partial charge in [-0.2, -0.15) is 5.26 Å². The maximum Gasteiger partial charge on any atom is 0.405 e. The molecule has 1 aliphatic rings. The van der Waals surface area contributed by atoms with Crippen LogP contribution >= 0.6 is 0 Å². The van der Waals surface area contributed by atoms with E-state index in [-0.39, 0.29) is 33.6 Å². The lowest BCUT2D eigenvalue weighted by molar-refractivity contribution is -0.383. The molecule has 3 aromatic rings. The smallest absolute Gasteiger partial charge is 0.405 e.